The van der Waals surface area contributed by atoms with Gasteiger partial charge >= 0.3 is 5.97 Å². The summed E-state index contributed by atoms with van der Waals surface area (Å²) in [4.78, 5) is 10.2. The maximum atomic E-state index is 10.2. The van der Waals surface area contributed by atoms with Crippen LogP contribution in [-0.2, 0) is 9.53 Å². The molecule has 0 heterocycles. The smallest absolute Gasteiger partial charge is 0.332 e. The molecule has 0 aliphatic heterocycles. The molecule has 0 aromatic carbocycles. The molecule has 0 amide bonds. The average molecular weight is 158 g/mol. The summed E-state index contributed by atoms with van der Waals surface area (Å²) in [6.07, 6.45) is 1.13. The Labute approximate surface area is 66.7 Å². The van der Waals surface area contributed by atoms with Crippen LogP contribution in [0.4, 0.5) is 0 Å². The molecule has 0 fully saturated rings. The van der Waals surface area contributed by atoms with E-state index in [2.05, 4.69) is 0 Å². The first-order valence-electron chi connectivity index (χ1n) is 3.52. The van der Waals surface area contributed by atoms with Gasteiger partial charge in [-0.3, -0.25) is 0 Å². The fourth-order valence-electron chi connectivity index (χ4n) is 0.430. The average Bonchev–Trinajstić information content (AvgIpc) is 1.86. The van der Waals surface area contributed by atoms with E-state index in [1.807, 2.05) is 19.9 Å². The number of hydrogen-bond donors (Lipinski definition) is 1. The maximum absolute atomic E-state index is 10.2. The molecule has 0 aromatic rings. The van der Waals surface area contributed by atoms with Gasteiger partial charge in [-0.05, 0) is 20.8 Å². The minimum absolute atomic E-state index is 0.371. The van der Waals surface area contributed by atoms with Crippen molar-refractivity contribution in [3.63, 3.8) is 0 Å². The first kappa shape index (κ1) is 10.2. The summed E-state index contributed by atoms with van der Waals surface area (Å²) in [7, 11) is 0. The predicted molar refractivity (Wildman–Crippen MR) is 42.5 cm³/mol. The van der Waals surface area contributed by atoms with Gasteiger partial charge in [0.2, 0.25) is 0 Å². The Morgan fingerprint density at radius 2 is 2.18 bits per heavy atom. The largest absolute Gasteiger partial charge is 0.479 e. The summed E-state index contributed by atoms with van der Waals surface area (Å²) in [6.45, 7) is 5.76. The van der Waals surface area contributed by atoms with Crippen molar-refractivity contribution < 1.29 is 14.6 Å². The second-order valence-electron chi connectivity index (χ2n) is 2.60. The maximum Gasteiger partial charge on any atom is 0.332 e. The van der Waals surface area contributed by atoms with Crippen LogP contribution in [0.25, 0.3) is 0 Å². The van der Waals surface area contributed by atoms with Crippen molar-refractivity contribution in [3.8, 4) is 0 Å². The summed E-state index contributed by atoms with van der Waals surface area (Å²) in [5.74, 6) is -0.924. The zero-order chi connectivity index (χ0) is 8.85. The Morgan fingerprint density at radius 3 is 2.55 bits per heavy atom. The minimum atomic E-state index is -0.924. The summed E-state index contributed by atoms with van der Waals surface area (Å²) in [5, 5.41) is 8.40. The lowest BCUT2D eigenvalue weighted by atomic mass is 10.3. The molecule has 0 bridgehead atoms. The molecule has 1 atom stereocenters. The fraction of sp³-hybridized carbons (Fsp3) is 0.625. The first-order valence-corrected chi connectivity index (χ1v) is 3.52. The molecule has 0 unspecified atom stereocenters. The molecule has 64 valence electrons. The van der Waals surface area contributed by atoms with Crippen LogP contribution in [0.3, 0.4) is 0 Å². The van der Waals surface area contributed by atoms with E-state index in [9.17, 15) is 4.79 Å². The van der Waals surface area contributed by atoms with Crippen LogP contribution < -0.4 is 0 Å². The molecule has 0 aliphatic rings. The molecule has 0 rings (SSSR count). The molecule has 3 nitrogen and oxygen atoms in total. The second-order valence-corrected chi connectivity index (χ2v) is 2.60. The van der Waals surface area contributed by atoms with Gasteiger partial charge in [-0.1, -0.05) is 11.6 Å². The van der Waals surface area contributed by atoms with E-state index >= 15 is 0 Å². The lowest BCUT2D eigenvalue weighted by Gasteiger charge is -2.04. The molecule has 0 aromatic heterocycles. The number of carboxylic acids is 1. The molecule has 3 heteroatoms. The zero-order valence-corrected chi connectivity index (χ0v) is 7.13. The molecule has 0 aliphatic carbocycles. The van der Waals surface area contributed by atoms with Crippen molar-refractivity contribution >= 4 is 5.97 Å². The van der Waals surface area contributed by atoms with Gasteiger partial charge in [0.1, 0.15) is 0 Å². The molecular formula is C8H14O3. The monoisotopic (exact) mass is 158 g/mol. The normalized spacial score (nSPS) is 12.3. The van der Waals surface area contributed by atoms with Crippen LogP contribution in [0.5, 0.6) is 0 Å². The standard InChI is InChI=1S/C8H14O3/c1-6(2)4-5-11-7(3)8(9)10/h4,7H,5H2,1-3H3,(H,9,10)/t7-/m0/s1. The van der Waals surface area contributed by atoms with Crippen molar-refractivity contribution in [2.24, 2.45) is 0 Å². The van der Waals surface area contributed by atoms with Crippen LogP contribution in [-0.4, -0.2) is 23.8 Å². The SMILES string of the molecule is CC(C)=CCO[C@@H](C)C(=O)O. The summed E-state index contributed by atoms with van der Waals surface area (Å²) < 4.78 is 4.94. The van der Waals surface area contributed by atoms with E-state index in [0.717, 1.165) is 5.57 Å². The molecule has 11 heavy (non-hydrogen) atoms. The van der Waals surface area contributed by atoms with Crippen molar-refractivity contribution in [2.45, 2.75) is 26.9 Å². The summed E-state index contributed by atoms with van der Waals surface area (Å²) in [6, 6.07) is 0. The van der Waals surface area contributed by atoms with Crippen LogP contribution in [0, 0.1) is 0 Å². The third kappa shape index (κ3) is 5.61. The highest BCUT2D eigenvalue weighted by Crippen LogP contribution is 1.93. The lowest BCUT2D eigenvalue weighted by Crippen LogP contribution is -2.19. The molecule has 0 spiro atoms. The van der Waals surface area contributed by atoms with Crippen LogP contribution in [0.15, 0.2) is 11.6 Å². The number of ether oxygens (including phenoxy) is 1. The number of rotatable bonds is 4. The highest BCUT2D eigenvalue weighted by atomic mass is 16.5. The van der Waals surface area contributed by atoms with Gasteiger partial charge in [0.15, 0.2) is 6.10 Å². The Kier molecular flexibility index (Phi) is 4.54. The second kappa shape index (κ2) is 4.91. The van der Waals surface area contributed by atoms with E-state index < -0.39 is 12.1 Å². The summed E-state index contributed by atoms with van der Waals surface area (Å²) >= 11 is 0. The van der Waals surface area contributed by atoms with E-state index in [1.54, 1.807) is 0 Å². The van der Waals surface area contributed by atoms with Gasteiger partial charge in [-0.15, -0.1) is 0 Å². The Bertz CT molecular complexity index is 157. The van der Waals surface area contributed by atoms with Gasteiger partial charge in [0.05, 0.1) is 6.61 Å². The lowest BCUT2D eigenvalue weighted by molar-refractivity contribution is -0.148. The quantitative estimate of drug-likeness (QED) is 0.630. The topological polar surface area (TPSA) is 46.5 Å². The van der Waals surface area contributed by atoms with E-state index in [-0.39, 0.29) is 0 Å². The number of hydrogen-bond acceptors (Lipinski definition) is 2. The number of carboxylic acid groups (broad SMARTS) is 1. The van der Waals surface area contributed by atoms with E-state index in [4.69, 9.17) is 9.84 Å². The van der Waals surface area contributed by atoms with Crippen molar-refractivity contribution in [1.29, 1.82) is 0 Å². The Hall–Kier alpha value is -0.830. The molecule has 1 N–H and O–H groups in total. The summed E-state index contributed by atoms with van der Waals surface area (Å²) in [5.41, 5.74) is 1.13. The van der Waals surface area contributed by atoms with Gasteiger partial charge in [-0.2, -0.15) is 0 Å². The minimum Gasteiger partial charge on any atom is -0.479 e. The zero-order valence-electron chi connectivity index (χ0n) is 7.13. The highest BCUT2D eigenvalue weighted by Gasteiger charge is 2.08. The number of aliphatic carboxylic acids is 1. The van der Waals surface area contributed by atoms with Crippen LogP contribution in [0.1, 0.15) is 20.8 Å². The number of allylic oxidation sites excluding steroid dienone is 1. The molecule has 0 radical (unpaired) electrons. The number of carbonyl (C=O) groups is 1. The van der Waals surface area contributed by atoms with Gasteiger partial charge < -0.3 is 9.84 Å². The van der Waals surface area contributed by atoms with Gasteiger partial charge in [0.25, 0.3) is 0 Å². The van der Waals surface area contributed by atoms with Crippen LogP contribution >= 0.6 is 0 Å². The van der Waals surface area contributed by atoms with Crippen molar-refractivity contribution in [3.05, 3.63) is 11.6 Å². The van der Waals surface area contributed by atoms with Gasteiger partial charge in [-0.25, -0.2) is 4.79 Å². The molecule has 0 saturated heterocycles. The predicted octanol–water partition coefficient (Wildman–Crippen LogP) is 1.44. The van der Waals surface area contributed by atoms with Gasteiger partial charge in [0, 0.05) is 0 Å². The Balaban J connectivity index is 3.55. The van der Waals surface area contributed by atoms with Crippen molar-refractivity contribution in [2.75, 3.05) is 6.61 Å². The fourth-order valence-corrected chi connectivity index (χ4v) is 0.430. The Morgan fingerprint density at radius 1 is 1.64 bits per heavy atom. The third-order valence-corrected chi connectivity index (χ3v) is 1.19. The van der Waals surface area contributed by atoms with E-state index in [1.165, 1.54) is 6.92 Å². The van der Waals surface area contributed by atoms with Crippen LogP contribution in [0.2, 0.25) is 0 Å². The third-order valence-electron chi connectivity index (χ3n) is 1.19. The highest BCUT2D eigenvalue weighted by molar-refractivity contribution is 5.71. The first-order chi connectivity index (χ1) is 5.04. The molecule has 0 saturated carbocycles. The van der Waals surface area contributed by atoms with Crippen molar-refractivity contribution in [1.82, 2.24) is 0 Å². The van der Waals surface area contributed by atoms with E-state index in [0.29, 0.717) is 6.61 Å². The molecular weight excluding hydrogens is 144 g/mol.